The number of anilines is 1. The highest BCUT2D eigenvalue weighted by Crippen LogP contribution is 2.23. The fraction of sp³-hybridized carbons (Fsp3) is 0.444. The lowest BCUT2D eigenvalue weighted by Gasteiger charge is -2.30. The third kappa shape index (κ3) is 6.01. The van der Waals surface area contributed by atoms with E-state index in [4.69, 9.17) is 17.5 Å². The third-order valence-electron chi connectivity index (χ3n) is 4.39. The molecule has 1 aliphatic carbocycles. The van der Waals surface area contributed by atoms with Gasteiger partial charge in [-0.2, -0.15) is 5.26 Å². The monoisotopic (exact) mass is 373 g/mol. The second kappa shape index (κ2) is 9.73. The Balaban J connectivity index is 1.79. The van der Waals surface area contributed by atoms with Crippen molar-refractivity contribution in [2.45, 2.75) is 45.1 Å². The van der Waals surface area contributed by atoms with Crippen LogP contribution in [0.3, 0.4) is 0 Å². The first-order chi connectivity index (χ1) is 12.5. The molecule has 2 rings (SSSR count). The number of nitriles is 1. The fourth-order valence-corrected chi connectivity index (χ4v) is 3.11. The molecule has 4 N–H and O–H groups in total. The molecular formula is C18H23N5O2S. The van der Waals surface area contributed by atoms with Crippen molar-refractivity contribution in [3.05, 3.63) is 29.8 Å². The fourth-order valence-electron chi connectivity index (χ4n) is 2.90. The molecule has 8 heteroatoms. The molecule has 1 fully saturated rings. The second-order valence-corrected chi connectivity index (χ2v) is 6.79. The Kier molecular flexibility index (Phi) is 7.36. The first kappa shape index (κ1) is 19.7. The summed E-state index contributed by atoms with van der Waals surface area (Å²) in [5, 5.41) is 14.7. The number of benzene rings is 1. The molecule has 2 amide bonds. The summed E-state index contributed by atoms with van der Waals surface area (Å²) in [6, 6.07) is 8.47. The number of hydrogen-bond acceptors (Lipinski definition) is 4. The maximum atomic E-state index is 12.2. The lowest BCUT2D eigenvalue weighted by molar-refractivity contribution is -0.115. The van der Waals surface area contributed by atoms with Gasteiger partial charge in [0.05, 0.1) is 6.07 Å². The van der Waals surface area contributed by atoms with Crippen molar-refractivity contribution in [2.24, 2.45) is 5.92 Å². The zero-order valence-corrected chi connectivity index (χ0v) is 15.5. The van der Waals surface area contributed by atoms with Crippen molar-refractivity contribution in [1.29, 1.82) is 5.26 Å². The number of thiocarbonyl (C=S) groups is 1. The number of carbonyl (C=O) groups is 2. The summed E-state index contributed by atoms with van der Waals surface area (Å²) in [5.74, 6) is -0.163. The number of carbonyl (C=O) groups excluding carboxylic acids is 2. The molecule has 1 aliphatic rings. The van der Waals surface area contributed by atoms with Gasteiger partial charge < -0.3 is 10.6 Å². The molecule has 0 aromatic heterocycles. The van der Waals surface area contributed by atoms with Crippen LogP contribution in [0.15, 0.2) is 24.3 Å². The minimum absolute atomic E-state index is 0.212. The second-order valence-electron chi connectivity index (χ2n) is 6.38. The molecule has 1 aromatic carbocycles. The van der Waals surface area contributed by atoms with Gasteiger partial charge in [-0.15, -0.1) is 0 Å². The van der Waals surface area contributed by atoms with Crippen molar-refractivity contribution in [3.8, 4) is 6.07 Å². The molecule has 0 saturated heterocycles. The normalized spacial score (nSPS) is 18.9. The van der Waals surface area contributed by atoms with Gasteiger partial charge in [0.15, 0.2) is 5.11 Å². The number of amides is 2. The van der Waals surface area contributed by atoms with Crippen LogP contribution in [0.25, 0.3) is 0 Å². The summed E-state index contributed by atoms with van der Waals surface area (Å²) in [4.78, 5) is 23.5. The predicted octanol–water partition coefficient (Wildman–Crippen LogP) is 2.23. The molecule has 0 spiro atoms. The topological polar surface area (TPSA) is 106 Å². The highest BCUT2D eigenvalue weighted by Gasteiger charge is 2.21. The van der Waals surface area contributed by atoms with Gasteiger partial charge in [-0.3, -0.25) is 20.4 Å². The van der Waals surface area contributed by atoms with Crippen LogP contribution in [0.5, 0.6) is 0 Å². The Morgan fingerprint density at radius 2 is 1.88 bits per heavy atom. The Bertz CT molecular complexity index is 699. The maximum Gasteiger partial charge on any atom is 0.269 e. The van der Waals surface area contributed by atoms with Crippen LogP contribution in [-0.4, -0.2) is 23.0 Å². The van der Waals surface area contributed by atoms with Gasteiger partial charge in [0.1, 0.15) is 6.42 Å². The van der Waals surface area contributed by atoms with Crippen LogP contribution < -0.4 is 21.5 Å². The minimum Gasteiger partial charge on any atom is -0.358 e. The Hall–Kier alpha value is -2.66. The molecule has 138 valence electrons. The summed E-state index contributed by atoms with van der Waals surface area (Å²) in [5.41, 5.74) is 6.24. The molecule has 0 aliphatic heterocycles. The van der Waals surface area contributed by atoms with Crippen LogP contribution in [-0.2, 0) is 4.79 Å². The minimum atomic E-state index is -0.389. The van der Waals surface area contributed by atoms with E-state index in [1.54, 1.807) is 30.3 Å². The van der Waals surface area contributed by atoms with E-state index in [0.29, 0.717) is 28.3 Å². The Morgan fingerprint density at radius 3 is 2.54 bits per heavy atom. The van der Waals surface area contributed by atoms with Crippen LogP contribution in [0.1, 0.15) is 49.4 Å². The Labute approximate surface area is 158 Å². The zero-order chi connectivity index (χ0) is 18.9. The van der Waals surface area contributed by atoms with Gasteiger partial charge in [-0.05, 0) is 55.2 Å². The smallest absolute Gasteiger partial charge is 0.269 e. The number of hydrazine groups is 1. The van der Waals surface area contributed by atoms with E-state index in [1.807, 2.05) is 0 Å². The van der Waals surface area contributed by atoms with Crippen molar-refractivity contribution >= 4 is 34.8 Å². The van der Waals surface area contributed by atoms with Crippen LogP contribution in [0.4, 0.5) is 5.69 Å². The highest BCUT2D eigenvalue weighted by molar-refractivity contribution is 7.80. The molecule has 0 heterocycles. The number of nitrogens with zero attached hydrogens (tertiary/aromatic N) is 1. The van der Waals surface area contributed by atoms with Crippen molar-refractivity contribution in [2.75, 3.05) is 5.32 Å². The van der Waals surface area contributed by atoms with Gasteiger partial charge in [0, 0.05) is 17.3 Å². The summed E-state index contributed by atoms with van der Waals surface area (Å²) in [7, 11) is 0. The third-order valence-corrected chi connectivity index (χ3v) is 4.61. The average Bonchev–Trinajstić information content (AvgIpc) is 2.62. The summed E-state index contributed by atoms with van der Waals surface area (Å²) < 4.78 is 0. The largest absolute Gasteiger partial charge is 0.358 e. The van der Waals surface area contributed by atoms with Crippen molar-refractivity contribution in [3.63, 3.8) is 0 Å². The molecule has 0 radical (unpaired) electrons. The first-order valence-corrected chi connectivity index (χ1v) is 9.04. The van der Waals surface area contributed by atoms with Gasteiger partial charge in [-0.25, -0.2) is 0 Å². The van der Waals surface area contributed by atoms with Gasteiger partial charge in [-0.1, -0.05) is 19.8 Å². The van der Waals surface area contributed by atoms with Crippen LogP contribution in [0.2, 0.25) is 0 Å². The van der Waals surface area contributed by atoms with Crippen molar-refractivity contribution in [1.82, 2.24) is 16.2 Å². The average molecular weight is 373 g/mol. The molecule has 1 saturated carbocycles. The SMILES string of the molecule is C[C@H]1CCCC[C@H]1NC(=S)NNC(=O)c1ccc(NC(=O)CC#N)cc1. The molecule has 1 aromatic rings. The van der Waals surface area contributed by atoms with E-state index >= 15 is 0 Å². The van der Waals surface area contributed by atoms with E-state index in [2.05, 4.69) is 28.4 Å². The van der Waals surface area contributed by atoms with Crippen LogP contribution >= 0.6 is 12.2 Å². The van der Waals surface area contributed by atoms with E-state index < -0.39 is 0 Å². The van der Waals surface area contributed by atoms with E-state index in [9.17, 15) is 9.59 Å². The van der Waals surface area contributed by atoms with E-state index in [0.717, 1.165) is 6.42 Å². The Morgan fingerprint density at radius 1 is 1.19 bits per heavy atom. The highest BCUT2D eigenvalue weighted by atomic mass is 32.1. The summed E-state index contributed by atoms with van der Waals surface area (Å²) >= 11 is 5.24. The van der Waals surface area contributed by atoms with Crippen LogP contribution in [0, 0.1) is 17.2 Å². The zero-order valence-electron chi connectivity index (χ0n) is 14.7. The van der Waals surface area contributed by atoms with E-state index in [-0.39, 0.29) is 18.2 Å². The number of hydrogen-bond donors (Lipinski definition) is 4. The lowest BCUT2D eigenvalue weighted by Crippen LogP contribution is -2.51. The van der Waals surface area contributed by atoms with Gasteiger partial charge >= 0.3 is 0 Å². The summed E-state index contributed by atoms with van der Waals surface area (Å²) in [6.45, 7) is 2.20. The molecule has 0 unspecified atom stereocenters. The molecule has 0 bridgehead atoms. The van der Waals surface area contributed by atoms with E-state index in [1.165, 1.54) is 19.3 Å². The van der Waals surface area contributed by atoms with Gasteiger partial charge in [0.2, 0.25) is 5.91 Å². The van der Waals surface area contributed by atoms with Crippen molar-refractivity contribution < 1.29 is 9.59 Å². The lowest BCUT2D eigenvalue weighted by atomic mass is 9.86. The number of rotatable bonds is 4. The quantitative estimate of drug-likeness (QED) is 0.476. The maximum absolute atomic E-state index is 12.2. The first-order valence-electron chi connectivity index (χ1n) is 8.63. The standard InChI is InChI=1S/C18H23N5O2S/c1-12-4-2-3-5-15(12)21-18(26)23-22-17(25)13-6-8-14(9-7-13)20-16(24)10-11-19/h6-9,12,15H,2-5,10H2,1H3,(H,20,24)(H,22,25)(H2,21,23,26)/t12-,15+/m0/s1. The molecular weight excluding hydrogens is 350 g/mol. The number of nitrogens with one attached hydrogen (secondary N) is 4. The summed E-state index contributed by atoms with van der Waals surface area (Å²) in [6.07, 6.45) is 4.49. The van der Waals surface area contributed by atoms with Gasteiger partial charge in [0.25, 0.3) is 5.91 Å². The molecule has 7 nitrogen and oxygen atoms in total. The molecule has 26 heavy (non-hydrogen) atoms. The molecule has 2 atom stereocenters. The predicted molar refractivity (Wildman–Crippen MR) is 103 cm³/mol.